The summed E-state index contributed by atoms with van der Waals surface area (Å²) in [5.41, 5.74) is 2.65. The van der Waals surface area contributed by atoms with E-state index in [1.54, 1.807) is 0 Å². The summed E-state index contributed by atoms with van der Waals surface area (Å²) in [6, 6.07) is 9.01. The molecule has 0 N–H and O–H groups in total. The number of fused-ring (bicyclic) bond motifs is 1. The molecule has 1 aromatic rings. The SMILES string of the molecule is C[C@H]1CN(C)c2ccccc2CN1CCC(=O)N1CCOCC1. The second kappa shape index (κ2) is 7.32. The predicted octanol–water partition coefficient (Wildman–Crippen LogP) is 1.58. The lowest BCUT2D eigenvalue weighted by Crippen LogP contribution is -2.43. The molecule has 1 fully saturated rings. The van der Waals surface area contributed by atoms with Crippen LogP contribution in [-0.4, -0.2) is 68.2 Å². The molecule has 1 atom stereocenters. The van der Waals surface area contributed by atoms with Gasteiger partial charge in [0.05, 0.1) is 13.2 Å². The standard InChI is InChI=1S/C18H27N3O2/c1-15-13-19(2)17-6-4-3-5-16(17)14-21(15)8-7-18(22)20-9-11-23-12-10-20/h3-6,15H,7-14H2,1-2H3/t15-/m0/s1. The number of anilines is 1. The molecule has 0 radical (unpaired) electrons. The fourth-order valence-electron chi connectivity index (χ4n) is 3.51. The van der Waals surface area contributed by atoms with Crippen LogP contribution in [0.3, 0.4) is 0 Å². The largest absolute Gasteiger partial charge is 0.378 e. The van der Waals surface area contributed by atoms with Crippen molar-refractivity contribution < 1.29 is 9.53 Å². The minimum absolute atomic E-state index is 0.256. The highest BCUT2D eigenvalue weighted by atomic mass is 16.5. The number of hydrogen-bond donors (Lipinski definition) is 0. The molecule has 1 saturated heterocycles. The molecule has 2 aliphatic heterocycles. The number of likely N-dealkylation sites (N-methyl/N-ethyl adjacent to an activating group) is 1. The van der Waals surface area contributed by atoms with Gasteiger partial charge in [-0.1, -0.05) is 18.2 Å². The number of morpholine rings is 1. The predicted molar refractivity (Wildman–Crippen MR) is 91.6 cm³/mol. The lowest BCUT2D eigenvalue weighted by atomic mass is 10.1. The van der Waals surface area contributed by atoms with Crippen molar-refractivity contribution in [1.82, 2.24) is 9.80 Å². The van der Waals surface area contributed by atoms with E-state index in [2.05, 4.69) is 48.0 Å². The summed E-state index contributed by atoms with van der Waals surface area (Å²) in [6.07, 6.45) is 0.593. The number of hydrogen-bond acceptors (Lipinski definition) is 4. The molecule has 0 bridgehead atoms. The van der Waals surface area contributed by atoms with Gasteiger partial charge in [-0.05, 0) is 18.6 Å². The highest BCUT2D eigenvalue weighted by Crippen LogP contribution is 2.26. The van der Waals surface area contributed by atoms with Gasteiger partial charge in [0.15, 0.2) is 0 Å². The summed E-state index contributed by atoms with van der Waals surface area (Å²) in [5, 5.41) is 0. The van der Waals surface area contributed by atoms with Crippen LogP contribution >= 0.6 is 0 Å². The van der Waals surface area contributed by atoms with E-state index in [1.165, 1.54) is 11.3 Å². The number of carbonyl (C=O) groups is 1. The average molecular weight is 317 g/mol. The Morgan fingerprint density at radius 2 is 2.00 bits per heavy atom. The summed E-state index contributed by atoms with van der Waals surface area (Å²) in [6.45, 7) is 7.79. The highest BCUT2D eigenvalue weighted by Gasteiger charge is 2.24. The molecule has 2 heterocycles. The quantitative estimate of drug-likeness (QED) is 0.848. The lowest BCUT2D eigenvalue weighted by Gasteiger charge is -2.30. The topological polar surface area (TPSA) is 36.0 Å². The summed E-state index contributed by atoms with van der Waals surface area (Å²) in [7, 11) is 2.15. The number of para-hydroxylation sites is 1. The fourth-order valence-corrected chi connectivity index (χ4v) is 3.51. The van der Waals surface area contributed by atoms with Crippen LogP contribution in [0.15, 0.2) is 24.3 Å². The van der Waals surface area contributed by atoms with Crippen LogP contribution in [0.25, 0.3) is 0 Å². The Morgan fingerprint density at radius 1 is 1.26 bits per heavy atom. The Bertz CT molecular complexity index is 543. The maximum absolute atomic E-state index is 12.4. The molecule has 0 spiro atoms. The Balaban J connectivity index is 1.62. The normalized spacial score (nSPS) is 22.6. The molecule has 126 valence electrons. The van der Waals surface area contributed by atoms with E-state index in [-0.39, 0.29) is 5.91 Å². The lowest BCUT2D eigenvalue weighted by molar-refractivity contribution is -0.135. The number of ether oxygens (including phenoxy) is 1. The molecule has 1 amide bonds. The second-order valence-corrected chi connectivity index (χ2v) is 6.57. The summed E-state index contributed by atoms with van der Waals surface area (Å²) >= 11 is 0. The van der Waals surface area contributed by atoms with Gasteiger partial charge in [-0.25, -0.2) is 0 Å². The fraction of sp³-hybridized carbons (Fsp3) is 0.611. The molecule has 5 nitrogen and oxygen atoms in total. The van der Waals surface area contributed by atoms with Gasteiger partial charge in [0, 0.05) is 57.9 Å². The molecule has 0 saturated carbocycles. The van der Waals surface area contributed by atoms with E-state index < -0.39 is 0 Å². The maximum atomic E-state index is 12.4. The Labute approximate surface area is 138 Å². The Hall–Kier alpha value is -1.59. The molecule has 5 heteroatoms. The third-order valence-electron chi connectivity index (χ3n) is 4.91. The minimum Gasteiger partial charge on any atom is -0.378 e. The van der Waals surface area contributed by atoms with Crippen molar-refractivity contribution in [2.75, 3.05) is 51.3 Å². The van der Waals surface area contributed by atoms with Crippen LogP contribution in [0.4, 0.5) is 5.69 Å². The second-order valence-electron chi connectivity index (χ2n) is 6.57. The minimum atomic E-state index is 0.256. The van der Waals surface area contributed by atoms with E-state index in [1.807, 2.05) is 4.90 Å². The molecule has 0 aliphatic carbocycles. The number of carbonyl (C=O) groups excluding carboxylic acids is 1. The van der Waals surface area contributed by atoms with Crippen LogP contribution in [0.2, 0.25) is 0 Å². The zero-order valence-corrected chi connectivity index (χ0v) is 14.2. The van der Waals surface area contributed by atoms with Gasteiger partial charge < -0.3 is 14.5 Å². The van der Waals surface area contributed by atoms with Crippen molar-refractivity contribution >= 4 is 11.6 Å². The smallest absolute Gasteiger partial charge is 0.224 e. The van der Waals surface area contributed by atoms with Crippen molar-refractivity contribution in [3.63, 3.8) is 0 Å². The van der Waals surface area contributed by atoms with Crippen LogP contribution in [0.5, 0.6) is 0 Å². The van der Waals surface area contributed by atoms with Crippen molar-refractivity contribution in [2.45, 2.75) is 25.9 Å². The first kappa shape index (κ1) is 16.3. The van der Waals surface area contributed by atoms with E-state index in [9.17, 15) is 4.79 Å². The molecule has 2 aliphatic rings. The summed E-state index contributed by atoms with van der Waals surface area (Å²) in [4.78, 5) is 19.1. The number of amides is 1. The average Bonchev–Trinajstić information content (AvgIpc) is 2.70. The van der Waals surface area contributed by atoms with Gasteiger partial charge in [0.1, 0.15) is 0 Å². The summed E-state index contributed by atoms with van der Waals surface area (Å²) < 4.78 is 5.32. The van der Waals surface area contributed by atoms with E-state index >= 15 is 0 Å². The number of rotatable bonds is 3. The van der Waals surface area contributed by atoms with Gasteiger partial charge in [-0.15, -0.1) is 0 Å². The van der Waals surface area contributed by atoms with Crippen molar-refractivity contribution in [3.8, 4) is 0 Å². The maximum Gasteiger partial charge on any atom is 0.224 e. The molecule has 0 aromatic heterocycles. The van der Waals surface area contributed by atoms with Gasteiger partial charge in [-0.3, -0.25) is 9.69 Å². The molecule has 0 unspecified atom stereocenters. The number of nitrogens with zero attached hydrogens (tertiary/aromatic N) is 3. The van der Waals surface area contributed by atoms with Gasteiger partial charge in [0.2, 0.25) is 5.91 Å². The van der Waals surface area contributed by atoms with Crippen LogP contribution in [0, 0.1) is 0 Å². The third kappa shape index (κ3) is 3.85. The van der Waals surface area contributed by atoms with Crippen molar-refractivity contribution in [3.05, 3.63) is 29.8 Å². The molecule has 23 heavy (non-hydrogen) atoms. The first-order valence-electron chi connectivity index (χ1n) is 8.54. The third-order valence-corrected chi connectivity index (χ3v) is 4.91. The van der Waals surface area contributed by atoms with E-state index in [4.69, 9.17) is 4.74 Å². The van der Waals surface area contributed by atoms with Gasteiger partial charge >= 0.3 is 0 Å². The zero-order valence-electron chi connectivity index (χ0n) is 14.2. The van der Waals surface area contributed by atoms with Crippen LogP contribution < -0.4 is 4.90 Å². The monoisotopic (exact) mass is 317 g/mol. The Morgan fingerprint density at radius 3 is 2.78 bits per heavy atom. The first-order valence-corrected chi connectivity index (χ1v) is 8.54. The number of benzene rings is 1. The molecule has 3 rings (SSSR count). The van der Waals surface area contributed by atoms with E-state index in [0.717, 1.165) is 32.7 Å². The summed E-state index contributed by atoms with van der Waals surface area (Å²) in [5.74, 6) is 0.256. The molecular formula is C18H27N3O2. The van der Waals surface area contributed by atoms with Gasteiger partial charge in [-0.2, -0.15) is 0 Å². The Kier molecular flexibility index (Phi) is 5.18. The highest BCUT2D eigenvalue weighted by molar-refractivity contribution is 5.76. The zero-order chi connectivity index (χ0) is 16.2. The van der Waals surface area contributed by atoms with Crippen LogP contribution in [-0.2, 0) is 16.1 Å². The first-order chi connectivity index (χ1) is 11.1. The van der Waals surface area contributed by atoms with Gasteiger partial charge in [0.25, 0.3) is 0 Å². The molecular weight excluding hydrogens is 290 g/mol. The molecule has 1 aromatic carbocycles. The van der Waals surface area contributed by atoms with Crippen LogP contribution in [0.1, 0.15) is 18.9 Å². The van der Waals surface area contributed by atoms with Crippen molar-refractivity contribution in [1.29, 1.82) is 0 Å². The van der Waals surface area contributed by atoms with E-state index in [0.29, 0.717) is 25.7 Å². The van der Waals surface area contributed by atoms with Crippen molar-refractivity contribution in [2.24, 2.45) is 0 Å².